The monoisotopic (exact) mass is 421 g/mol. The first-order valence-electron chi connectivity index (χ1n) is 10.4. The van der Waals surface area contributed by atoms with Gasteiger partial charge in [0.25, 0.3) is 0 Å². The lowest BCUT2D eigenvalue weighted by atomic mass is 9.99. The quantitative estimate of drug-likeness (QED) is 0.499. The fraction of sp³-hybridized carbons (Fsp3) is 0.308. The van der Waals surface area contributed by atoms with Gasteiger partial charge in [-0.2, -0.15) is 0 Å². The fourth-order valence-electron chi connectivity index (χ4n) is 4.00. The highest BCUT2D eigenvalue weighted by molar-refractivity contribution is 5.55. The molecule has 5 nitrogen and oxygen atoms in total. The molecule has 0 heterocycles. The molecule has 3 rings (SSSR count). The molecule has 0 aromatic heterocycles. The Bertz CT molecular complexity index is 946. The molecule has 3 aromatic carbocycles. The molecule has 0 aliphatic rings. The average molecular weight is 422 g/mol. The van der Waals surface area contributed by atoms with Crippen LogP contribution >= 0.6 is 0 Å². The number of ether oxygens (including phenoxy) is 3. The standard InChI is InChI=1S/C26H31NO4/c1-19(20-11-7-5-8-12-20)27(23(18-28)21-13-9-6-10-14-21)17-22-15-16-24(29-2)26(31-4)25(22)30-3/h5-16,19,23,28H,17-18H2,1-4H3/t19-,23-/m0/s1. The highest BCUT2D eigenvalue weighted by Gasteiger charge is 2.28. The summed E-state index contributed by atoms with van der Waals surface area (Å²) in [5.41, 5.74) is 3.20. The highest BCUT2D eigenvalue weighted by atomic mass is 16.5. The van der Waals surface area contributed by atoms with Crippen LogP contribution in [0.3, 0.4) is 0 Å². The third kappa shape index (κ3) is 5.01. The Labute approximate surface area is 184 Å². The number of rotatable bonds is 10. The summed E-state index contributed by atoms with van der Waals surface area (Å²) in [4.78, 5) is 2.29. The van der Waals surface area contributed by atoms with E-state index in [9.17, 15) is 5.11 Å². The van der Waals surface area contributed by atoms with Gasteiger partial charge in [0.15, 0.2) is 11.5 Å². The molecule has 0 unspecified atom stereocenters. The van der Waals surface area contributed by atoms with Crippen LogP contribution in [0.2, 0.25) is 0 Å². The fourth-order valence-corrected chi connectivity index (χ4v) is 4.00. The lowest BCUT2D eigenvalue weighted by Crippen LogP contribution is -2.33. The van der Waals surface area contributed by atoms with Crippen LogP contribution in [0.15, 0.2) is 72.8 Å². The molecule has 5 heteroatoms. The van der Waals surface area contributed by atoms with Crippen LogP contribution in [-0.4, -0.2) is 37.9 Å². The van der Waals surface area contributed by atoms with Crippen LogP contribution in [0.1, 0.15) is 35.7 Å². The number of benzene rings is 3. The average Bonchev–Trinajstić information content (AvgIpc) is 2.84. The first kappa shape index (κ1) is 22.7. The van der Waals surface area contributed by atoms with Crippen LogP contribution in [0.5, 0.6) is 17.2 Å². The summed E-state index contributed by atoms with van der Waals surface area (Å²) in [7, 11) is 4.85. The van der Waals surface area contributed by atoms with Crippen molar-refractivity contribution in [3.05, 3.63) is 89.5 Å². The third-order valence-electron chi connectivity index (χ3n) is 5.68. The second-order valence-corrected chi connectivity index (χ2v) is 7.36. The number of methoxy groups -OCH3 is 3. The Morgan fingerprint density at radius 1 is 0.742 bits per heavy atom. The number of nitrogens with zero attached hydrogens (tertiary/aromatic N) is 1. The highest BCUT2D eigenvalue weighted by Crippen LogP contribution is 2.42. The smallest absolute Gasteiger partial charge is 0.203 e. The molecular weight excluding hydrogens is 390 g/mol. The minimum atomic E-state index is -0.186. The number of aliphatic hydroxyl groups excluding tert-OH is 1. The number of aliphatic hydroxyl groups is 1. The van der Waals surface area contributed by atoms with Crippen molar-refractivity contribution < 1.29 is 19.3 Å². The summed E-state index contributed by atoms with van der Waals surface area (Å²) in [5.74, 6) is 1.82. The summed E-state index contributed by atoms with van der Waals surface area (Å²) in [6, 6.07) is 24.2. The van der Waals surface area contributed by atoms with Crippen LogP contribution < -0.4 is 14.2 Å². The summed E-state index contributed by atoms with van der Waals surface area (Å²) >= 11 is 0. The van der Waals surface area contributed by atoms with Crippen molar-refractivity contribution in [2.75, 3.05) is 27.9 Å². The second kappa shape index (κ2) is 10.8. The molecule has 31 heavy (non-hydrogen) atoms. The van der Waals surface area contributed by atoms with Crippen LogP contribution in [0.4, 0.5) is 0 Å². The van der Waals surface area contributed by atoms with Gasteiger partial charge in [-0.05, 0) is 24.1 Å². The molecule has 0 fully saturated rings. The van der Waals surface area contributed by atoms with E-state index in [1.807, 2.05) is 48.5 Å². The minimum Gasteiger partial charge on any atom is -0.493 e. The second-order valence-electron chi connectivity index (χ2n) is 7.36. The van der Waals surface area contributed by atoms with E-state index < -0.39 is 0 Å². The van der Waals surface area contributed by atoms with E-state index in [0.717, 1.165) is 11.1 Å². The summed E-state index contributed by atoms with van der Waals surface area (Å²) < 4.78 is 16.7. The van der Waals surface area contributed by atoms with Crippen molar-refractivity contribution in [2.45, 2.75) is 25.6 Å². The molecule has 0 aliphatic heterocycles. The van der Waals surface area contributed by atoms with Crippen molar-refractivity contribution in [3.8, 4) is 17.2 Å². The Morgan fingerprint density at radius 2 is 1.32 bits per heavy atom. The Kier molecular flexibility index (Phi) is 7.93. The Hall–Kier alpha value is -3.02. The van der Waals surface area contributed by atoms with Gasteiger partial charge in [-0.1, -0.05) is 66.7 Å². The third-order valence-corrected chi connectivity index (χ3v) is 5.68. The van der Waals surface area contributed by atoms with E-state index in [0.29, 0.717) is 23.8 Å². The lowest BCUT2D eigenvalue weighted by Gasteiger charge is -2.36. The van der Waals surface area contributed by atoms with Crippen molar-refractivity contribution >= 4 is 0 Å². The summed E-state index contributed by atoms with van der Waals surface area (Å²) in [6.45, 7) is 2.71. The van der Waals surface area contributed by atoms with E-state index in [1.54, 1.807) is 21.3 Å². The van der Waals surface area contributed by atoms with Gasteiger partial charge < -0.3 is 19.3 Å². The molecule has 0 saturated carbocycles. The van der Waals surface area contributed by atoms with E-state index in [-0.39, 0.29) is 18.7 Å². The van der Waals surface area contributed by atoms with Crippen molar-refractivity contribution in [3.63, 3.8) is 0 Å². The zero-order valence-electron chi connectivity index (χ0n) is 18.6. The molecule has 0 spiro atoms. The summed E-state index contributed by atoms with van der Waals surface area (Å²) in [5, 5.41) is 10.4. The molecular formula is C26H31NO4. The van der Waals surface area contributed by atoms with E-state index in [4.69, 9.17) is 14.2 Å². The van der Waals surface area contributed by atoms with Gasteiger partial charge >= 0.3 is 0 Å². The van der Waals surface area contributed by atoms with Gasteiger partial charge in [0, 0.05) is 18.2 Å². The van der Waals surface area contributed by atoms with E-state index in [1.165, 1.54) is 5.56 Å². The molecule has 3 aromatic rings. The first-order chi connectivity index (χ1) is 15.1. The van der Waals surface area contributed by atoms with Crippen LogP contribution in [-0.2, 0) is 6.54 Å². The maximum absolute atomic E-state index is 10.4. The number of hydrogen-bond acceptors (Lipinski definition) is 5. The predicted octanol–water partition coefficient (Wildman–Crippen LogP) is 5.01. The van der Waals surface area contributed by atoms with Gasteiger partial charge in [-0.15, -0.1) is 0 Å². The van der Waals surface area contributed by atoms with Gasteiger partial charge in [-0.25, -0.2) is 0 Å². The molecule has 0 saturated heterocycles. The number of hydrogen-bond donors (Lipinski definition) is 1. The van der Waals surface area contributed by atoms with Crippen LogP contribution in [0.25, 0.3) is 0 Å². The predicted molar refractivity (Wildman–Crippen MR) is 123 cm³/mol. The minimum absolute atomic E-state index is 0.00318. The molecule has 0 bridgehead atoms. The zero-order chi connectivity index (χ0) is 22.2. The Morgan fingerprint density at radius 3 is 1.84 bits per heavy atom. The maximum Gasteiger partial charge on any atom is 0.203 e. The maximum atomic E-state index is 10.4. The first-order valence-corrected chi connectivity index (χ1v) is 10.4. The normalized spacial score (nSPS) is 13.0. The van der Waals surface area contributed by atoms with Crippen LogP contribution in [0, 0.1) is 0 Å². The van der Waals surface area contributed by atoms with Gasteiger partial charge in [0.2, 0.25) is 5.75 Å². The molecule has 164 valence electrons. The lowest BCUT2D eigenvalue weighted by molar-refractivity contribution is 0.0801. The zero-order valence-corrected chi connectivity index (χ0v) is 18.6. The largest absolute Gasteiger partial charge is 0.493 e. The molecule has 2 atom stereocenters. The molecule has 0 amide bonds. The van der Waals surface area contributed by atoms with Crippen molar-refractivity contribution in [1.82, 2.24) is 4.90 Å². The van der Waals surface area contributed by atoms with E-state index >= 15 is 0 Å². The van der Waals surface area contributed by atoms with Gasteiger partial charge in [0.05, 0.1) is 34.0 Å². The Balaban J connectivity index is 2.07. The van der Waals surface area contributed by atoms with Crippen molar-refractivity contribution in [1.29, 1.82) is 0 Å². The van der Waals surface area contributed by atoms with E-state index in [2.05, 4.69) is 36.1 Å². The molecule has 0 radical (unpaired) electrons. The SMILES string of the molecule is COc1ccc(CN([C@@H](C)c2ccccc2)[C@@H](CO)c2ccccc2)c(OC)c1OC. The molecule has 0 aliphatic carbocycles. The summed E-state index contributed by atoms with van der Waals surface area (Å²) in [6.07, 6.45) is 0. The molecule has 1 N–H and O–H groups in total. The van der Waals surface area contributed by atoms with Gasteiger partial charge in [0.1, 0.15) is 0 Å². The van der Waals surface area contributed by atoms with Gasteiger partial charge in [-0.3, -0.25) is 4.90 Å². The topological polar surface area (TPSA) is 51.2 Å². The van der Waals surface area contributed by atoms with Crippen molar-refractivity contribution in [2.24, 2.45) is 0 Å².